The van der Waals surface area contributed by atoms with Crippen molar-refractivity contribution in [3.05, 3.63) is 53.3 Å². The summed E-state index contributed by atoms with van der Waals surface area (Å²) in [7, 11) is 2.23. The van der Waals surface area contributed by atoms with Crippen LogP contribution in [0.25, 0.3) is 0 Å². The zero-order chi connectivity index (χ0) is 13.9. The minimum atomic E-state index is 0.546. The summed E-state index contributed by atoms with van der Waals surface area (Å²) in [5, 5.41) is 4.37. The second-order valence-electron chi connectivity index (χ2n) is 5.73. The van der Waals surface area contributed by atoms with Gasteiger partial charge in [-0.2, -0.15) is 5.10 Å². The lowest BCUT2D eigenvalue weighted by atomic mass is 9.87. The molecule has 0 radical (unpaired) electrons. The van der Waals surface area contributed by atoms with Crippen molar-refractivity contribution < 1.29 is 0 Å². The normalized spacial score (nSPS) is 18.2. The third-order valence-corrected chi connectivity index (χ3v) is 4.31. The Balaban J connectivity index is 1.76. The first kappa shape index (κ1) is 13.4. The van der Waals surface area contributed by atoms with Gasteiger partial charge in [-0.05, 0) is 44.4 Å². The van der Waals surface area contributed by atoms with Gasteiger partial charge in [-0.25, -0.2) is 0 Å². The van der Waals surface area contributed by atoms with Gasteiger partial charge in [0.2, 0.25) is 0 Å². The number of nitrogens with zero attached hydrogens (tertiary/aromatic N) is 3. The highest BCUT2D eigenvalue weighted by Crippen LogP contribution is 2.33. The lowest BCUT2D eigenvalue weighted by Crippen LogP contribution is -2.27. The third kappa shape index (κ3) is 2.63. The van der Waals surface area contributed by atoms with Crippen molar-refractivity contribution in [1.29, 1.82) is 0 Å². The van der Waals surface area contributed by atoms with Gasteiger partial charge in [-0.15, -0.1) is 0 Å². The van der Waals surface area contributed by atoms with E-state index in [9.17, 15) is 0 Å². The predicted molar refractivity (Wildman–Crippen MR) is 81.5 cm³/mol. The summed E-state index contributed by atoms with van der Waals surface area (Å²) >= 11 is 0. The van der Waals surface area contributed by atoms with Crippen molar-refractivity contribution in [2.24, 2.45) is 0 Å². The summed E-state index contributed by atoms with van der Waals surface area (Å²) in [6.07, 6.45) is 7.93. The Morgan fingerprint density at radius 2 is 2.20 bits per heavy atom. The lowest BCUT2D eigenvalue weighted by Gasteiger charge is -2.33. The topological polar surface area (TPSA) is 21.1 Å². The molecule has 0 N–H and O–H groups in total. The molecule has 1 atom stereocenters. The molecular formula is C17H23N3. The van der Waals surface area contributed by atoms with Gasteiger partial charge in [-0.1, -0.05) is 24.3 Å². The predicted octanol–water partition coefficient (Wildman–Crippen LogP) is 3.41. The number of benzene rings is 1. The molecule has 1 aliphatic carbocycles. The van der Waals surface area contributed by atoms with E-state index in [1.165, 1.54) is 36.0 Å². The summed E-state index contributed by atoms with van der Waals surface area (Å²) in [6.45, 7) is 4.03. The molecule has 0 saturated heterocycles. The van der Waals surface area contributed by atoms with Crippen molar-refractivity contribution >= 4 is 0 Å². The fourth-order valence-electron chi connectivity index (χ4n) is 3.25. The fourth-order valence-corrected chi connectivity index (χ4v) is 3.25. The van der Waals surface area contributed by atoms with Crippen molar-refractivity contribution in [3.63, 3.8) is 0 Å². The Morgan fingerprint density at radius 1 is 1.35 bits per heavy atom. The van der Waals surface area contributed by atoms with Gasteiger partial charge in [0, 0.05) is 30.9 Å². The van der Waals surface area contributed by atoms with Crippen LogP contribution < -0.4 is 0 Å². The van der Waals surface area contributed by atoms with Gasteiger partial charge >= 0.3 is 0 Å². The fraction of sp³-hybridized carbons (Fsp3) is 0.471. The maximum absolute atomic E-state index is 4.37. The van der Waals surface area contributed by atoms with Crippen LogP contribution in [0.1, 0.15) is 42.5 Å². The van der Waals surface area contributed by atoms with E-state index in [0.717, 1.165) is 13.1 Å². The molecule has 1 aromatic carbocycles. The van der Waals surface area contributed by atoms with Crippen LogP contribution in [0.5, 0.6) is 0 Å². The number of aromatic nitrogens is 2. The van der Waals surface area contributed by atoms with Crippen molar-refractivity contribution in [3.8, 4) is 0 Å². The number of aryl methyl sites for hydroxylation is 2. The maximum Gasteiger partial charge on any atom is 0.0534 e. The second kappa shape index (κ2) is 5.80. The van der Waals surface area contributed by atoms with E-state index in [1.807, 2.05) is 10.9 Å². The van der Waals surface area contributed by atoms with Gasteiger partial charge in [0.05, 0.1) is 6.20 Å². The third-order valence-electron chi connectivity index (χ3n) is 4.31. The van der Waals surface area contributed by atoms with Crippen LogP contribution in [-0.2, 0) is 19.5 Å². The molecule has 2 aromatic rings. The van der Waals surface area contributed by atoms with E-state index < -0.39 is 0 Å². The van der Waals surface area contributed by atoms with Crippen LogP contribution in [0, 0.1) is 0 Å². The molecule has 106 valence electrons. The molecule has 1 heterocycles. The quantitative estimate of drug-likeness (QED) is 0.848. The molecule has 0 saturated carbocycles. The van der Waals surface area contributed by atoms with E-state index in [0.29, 0.717) is 6.04 Å². The van der Waals surface area contributed by atoms with Crippen LogP contribution >= 0.6 is 0 Å². The van der Waals surface area contributed by atoms with E-state index in [4.69, 9.17) is 0 Å². The van der Waals surface area contributed by atoms with Crippen LogP contribution in [0.3, 0.4) is 0 Å². The average molecular weight is 269 g/mol. The number of rotatable bonds is 4. The second-order valence-corrected chi connectivity index (χ2v) is 5.73. The first-order valence-corrected chi connectivity index (χ1v) is 7.57. The van der Waals surface area contributed by atoms with E-state index in [-0.39, 0.29) is 0 Å². The molecule has 0 amide bonds. The minimum Gasteiger partial charge on any atom is -0.295 e. The average Bonchev–Trinajstić information content (AvgIpc) is 2.94. The maximum atomic E-state index is 4.37. The standard InChI is InChI=1S/C17H23N3/c1-3-20-13-14(11-18-20)12-19(2)17-10-6-8-15-7-4-5-9-16(15)17/h4-5,7,9,11,13,17H,3,6,8,10,12H2,1-2H3. The van der Waals surface area contributed by atoms with Crippen molar-refractivity contribution in [2.45, 2.75) is 45.3 Å². The monoisotopic (exact) mass is 269 g/mol. The van der Waals surface area contributed by atoms with Crippen molar-refractivity contribution in [2.75, 3.05) is 7.05 Å². The van der Waals surface area contributed by atoms with Crippen LogP contribution in [-0.4, -0.2) is 21.7 Å². The Kier molecular flexibility index (Phi) is 3.88. The summed E-state index contributed by atoms with van der Waals surface area (Å²) in [6, 6.07) is 9.45. The van der Waals surface area contributed by atoms with Gasteiger partial charge < -0.3 is 0 Å². The van der Waals surface area contributed by atoms with Crippen LogP contribution in [0.2, 0.25) is 0 Å². The highest BCUT2D eigenvalue weighted by atomic mass is 15.3. The molecule has 20 heavy (non-hydrogen) atoms. The first-order chi connectivity index (χ1) is 9.78. The molecule has 3 nitrogen and oxygen atoms in total. The molecule has 3 rings (SSSR count). The molecule has 0 spiro atoms. The molecule has 0 fully saturated rings. The van der Waals surface area contributed by atoms with Crippen LogP contribution in [0.15, 0.2) is 36.7 Å². The van der Waals surface area contributed by atoms with E-state index in [1.54, 1.807) is 0 Å². The minimum absolute atomic E-state index is 0.546. The lowest BCUT2D eigenvalue weighted by molar-refractivity contribution is 0.213. The highest BCUT2D eigenvalue weighted by Gasteiger charge is 2.23. The highest BCUT2D eigenvalue weighted by molar-refractivity contribution is 5.32. The van der Waals surface area contributed by atoms with Gasteiger partial charge in [0.15, 0.2) is 0 Å². The first-order valence-electron chi connectivity index (χ1n) is 7.57. The summed E-state index contributed by atoms with van der Waals surface area (Å²) in [5.74, 6) is 0. The van der Waals surface area contributed by atoms with Gasteiger partial charge in [0.25, 0.3) is 0 Å². The number of fused-ring (bicyclic) bond motifs is 1. The zero-order valence-electron chi connectivity index (χ0n) is 12.4. The Hall–Kier alpha value is -1.61. The Morgan fingerprint density at radius 3 is 3.00 bits per heavy atom. The SMILES string of the molecule is CCn1cc(CN(C)C2CCCc3ccccc32)cn1. The molecular weight excluding hydrogens is 246 g/mol. The Bertz CT molecular complexity index is 573. The van der Waals surface area contributed by atoms with Crippen LogP contribution in [0.4, 0.5) is 0 Å². The van der Waals surface area contributed by atoms with Crippen molar-refractivity contribution in [1.82, 2.24) is 14.7 Å². The molecule has 3 heteroatoms. The molecule has 0 aliphatic heterocycles. The molecule has 1 aromatic heterocycles. The molecule has 0 bridgehead atoms. The van der Waals surface area contributed by atoms with E-state index >= 15 is 0 Å². The summed E-state index contributed by atoms with van der Waals surface area (Å²) in [5.41, 5.74) is 4.35. The Labute approximate surface area is 121 Å². The molecule has 1 unspecified atom stereocenters. The summed E-state index contributed by atoms with van der Waals surface area (Å²) < 4.78 is 2.00. The van der Waals surface area contributed by atoms with E-state index in [2.05, 4.69) is 54.4 Å². The number of hydrogen-bond donors (Lipinski definition) is 0. The largest absolute Gasteiger partial charge is 0.295 e. The number of hydrogen-bond acceptors (Lipinski definition) is 2. The smallest absolute Gasteiger partial charge is 0.0534 e. The molecule has 1 aliphatic rings. The summed E-state index contributed by atoms with van der Waals surface area (Å²) in [4.78, 5) is 2.47. The van der Waals surface area contributed by atoms with Gasteiger partial charge in [-0.3, -0.25) is 9.58 Å². The van der Waals surface area contributed by atoms with Gasteiger partial charge in [0.1, 0.15) is 0 Å². The zero-order valence-corrected chi connectivity index (χ0v) is 12.4.